The fourth-order valence-electron chi connectivity index (χ4n) is 4.20. The molecule has 0 aliphatic carbocycles. The van der Waals surface area contributed by atoms with Crippen molar-refractivity contribution in [3.05, 3.63) is 82.4 Å². The summed E-state index contributed by atoms with van der Waals surface area (Å²) in [5.74, 6) is -0.527. The zero-order valence-corrected chi connectivity index (χ0v) is 16.2. The molecule has 3 aromatic rings. The van der Waals surface area contributed by atoms with Gasteiger partial charge in [-0.25, -0.2) is 4.79 Å². The van der Waals surface area contributed by atoms with Gasteiger partial charge in [-0.1, -0.05) is 18.2 Å². The van der Waals surface area contributed by atoms with Crippen LogP contribution in [0.25, 0.3) is 0 Å². The van der Waals surface area contributed by atoms with Crippen molar-refractivity contribution in [2.24, 2.45) is 5.73 Å². The van der Waals surface area contributed by atoms with E-state index in [-0.39, 0.29) is 36.1 Å². The first-order chi connectivity index (χ1) is 15.0. The van der Waals surface area contributed by atoms with Crippen molar-refractivity contribution in [1.82, 2.24) is 5.32 Å². The van der Waals surface area contributed by atoms with Crippen molar-refractivity contribution in [3.63, 3.8) is 0 Å². The average Bonchev–Trinajstić information content (AvgIpc) is 3.06. The lowest BCUT2D eigenvalue weighted by Crippen LogP contribution is -2.34. The monoisotopic (exact) mass is 418 g/mol. The minimum atomic E-state index is -1.33. The van der Waals surface area contributed by atoms with Crippen molar-refractivity contribution < 1.29 is 29.3 Å². The van der Waals surface area contributed by atoms with Crippen LogP contribution in [0.4, 0.5) is 0 Å². The van der Waals surface area contributed by atoms with Crippen molar-refractivity contribution >= 4 is 11.9 Å². The zero-order valence-electron chi connectivity index (χ0n) is 16.2. The van der Waals surface area contributed by atoms with E-state index < -0.39 is 17.5 Å². The minimum absolute atomic E-state index is 0.0342. The summed E-state index contributed by atoms with van der Waals surface area (Å²) in [7, 11) is 0. The molecule has 0 saturated carbocycles. The zero-order chi connectivity index (χ0) is 21.8. The molecular formula is C23H18N2O6. The number of ether oxygens (including phenoxy) is 2. The highest BCUT2D eigenvalue weighted by Gasteiger charge is 2.54. The molecule has 5 rings (SSSR count). The summed E-state index contributed by atoms with van der Waals surface area (Å²) in [6.45, 7) is -0.257. The Morgan fingerprint density at radius 2 is 1.81 bits per heavy atom. The first kappa shape index (κ1) is 19.0. The van der Waals surface area contributed by atoms with E-state index in [2.05, 4.69) is 5.32 Å². The predicted molar refractivity (Wildman–Crippen MR) is 109 cm³/mol. The van der Waals surface area contributed by atoms with Gasteiger partial charge in [0.05, 0.1) is 24.2 Å². The molecule has 1 unspecified atom stereocenters. The van der Waals surface area contributed by atoms with Gasteiger partial charge in [-0.2, -0.15) is 0 Å². The van der Waals surface area contributed by atoms with E-state index in [0.717, 1.165) is 0 Å². The Kier molecular flexibility index (Phi) is 4.13. The van der Waals surface area contributed by atoms with E-state index in [1.165, 1.54) is 18.2 Å². The SMILES string of the molecule is NCC(=O)NCc1c(O)ccc2c1Oc1cc(O)ccc1C21OC(=O)c2ccccc21. The Morgan fingerprint density at radius 3 is 2.61 bits per heavy atom. The summed E-state index contributed by atoms with van der Waals surface area (Å²) in [5.41, 5.74) is 6.41. The second kappa shape index (κ2) is 6.75. The number of rotatable bonds is 3. The number of phenolic OH excluding ortho intramolecular Hbond substituents is 2. The number of phenols is 2. The molecule has 0 saturated heterocycles. The third-order valence-electron chi connectivity index (χ3n) is 5.59. The van der Waals surface area contributed by atoms with E-state index in [4.69, 9.17) is 15.2 Å². The molecule has 2 aliphatic rings. The van der Waals surface area contributed by atoms with Gasteiger partial charge >= 0.3 is 5.97 Å². The molecular weight excluding hydrogens is 400 g/mol. The van der Waals surface area contributed by atoms with Crippen LogP contribution in [-0.2, 0) is 21.7 Å². The normalized spacial score (nSPS) is 17.9. The van der Waals surface area contributed by atoms with Gasteiger partial charge in [0.2, 0.25) is 5.91 Å². The van der Waals surface area contributed by atoms with E-state index in [1.807, 2.05) is 0 Å². The summed E-state index contributed by atoms with van der Waals surface area (Å²) in [5, 5.41) is 23.2. The van der Waals surface area contributed by atoms with Gasteiger partial charge in [0, 0.05) is 22.8 Å². The first-order valence-corrected chi connectivity index (χ1v) is 9.62. The molecule has 3 aromatic carbocycles. The average molecular weight is 418 g/mol. The maximum atomic E-state index is 12.8. The number of hydrogen-bond acceptors (Lipinski definition) is 7. The van der Waals surface area contributed by atoms with E-state index in [0.29, 0.717) is 27.8 Å². The van der Waals surface area contributed by atoms with Crippen LogP contribution in [0.1, 0.15) is 32.6 Å². The molecule has 0 aromatic heterocycles. The Balaban J connectivity index is 1.79. The maximum Gasteiger partial charge on any atom is 0.340 e. The number of carbonyl (C=O) groups excluding carboxylic acids is 2. The molecule has 31 heavy (non-hydrogen) atoms. The second-order valence-corrected chi connectivity index (χ2v) is 7.32. The third kappa shape index (κ3) is 2.65. The van der Waals surface area contributed by atoms with Crippen molar-refractivity contribution in [1.29, 1.82) is 0 Å². The summed E-state index contributed by atoms with van der Waals surface area (Å²) in [6, 6.07) is 14.7. The summed E-state index contributed by atoms with van der Waals surface area (Å²) in [6.07, 6.45) is 0. The minimum Gasteiger partial charge on any atom is -0.508 e. The van der Waals surface area contributed by atoms with E-state index in [1.54, 1.807) is 36.4 Å². The van der Waals surface area contributed by atoms with Gasteiger partial charge in [0.25, 0.3) is 0 Å². The van der Waals surface area contributed by atoms with E-state index in [9.17, 15) is 19.8 Å². The highest BCUT2D eigenvalue weighted by Crippen LogP contribution is 2.58. The number of amides is 1. The molecule has 156 valence electrons. The lowest BCUT2D eigenvalue weighted by Gasteiger charge is -2.37. The molecule has 0 radical (unpaired) electrons. The molecule has 5 N–H and O–H groups in total. The van der Waals surface area contributed by atoms with Crippen LogP contribution >= 0.6 is 0 Å². The van der Waals surface area contributed by atoms with Crippen LogP contribution in [-0.4, -0.2) is 28.6 Å². The van der Waals surface area contributed by atoms with Crippen LogP contribution in [0.2, 0.25) is 0 Å². The van der Waals surface area contributed by atoms with Gasteiger partial charge in [-0.3, -0.25) is 4.79 Å². The number of esters is 1. The molecule has 2 heterocycles. The number of carbonyl (C=O) groups is 2. The Bertz CT molecular complexity index is 1250. The molecule has 1 amide bonds. The molecule has 0 bridgehead atoms. The Morgan fingerprint density at radius 1 is 1.03 bits per heavy atom. The van der Waals surface area contributed by atoms with Crippen LogP contribution < -0.4 is 15.8 Å². The smallest absolute Gasteiger partial charge is 0.340 e. The van der Waals surface area contributed by atoms with Crippen LogP contribution in [0.5, 0.6) is 23.0 Å². The summed E-state index contributed by atoms with van der Waals surface area (Å²) < 4.78 is 12.1. The molecule has 8 heteroatoms. The fourth-order valence-corrected chi connectivity index (χ4v) is 4.20. The maximum absolute atomic E-state index is 12.8. The molecule has 0 fully saturated rings. The number of nitrogens with one attached hydrogen (secondary N) is 1. The fraction of sp³-hybridized carbons (Fsp3) is 0.130. The largest absolute Gasteiger partial charge is 0.508 e. The van der Waals surface area contributed by atoms with Gasteiger partial charge in [-0.05, 0) is 30.3 Å². The molecule has 1 spiro atoms. The van der Waals surface area contributed by atoms with E-state index >= 15 is 0 Å². The molecule has 8 nitrogen and oxygen atoms in total. The van der Waals surface area contributed by atoms with Crippen LogP contribution in [0.15, 0.2) is 54.6 Å². The third-order valence-corrected chi connectivity index (χ3v) is 5.59. The predicted octanol–water partition coefficient (Wildman–Crippen LogP) is 2.24. The van der Waals surface area contributed by atoms with Gasteiger partial charge in [0.15, 0.2) is 5.60 Å². The standard InChI is InChI=1S/C23H18N2O6/c24-10-20(28)25-11-14-18(27)8-7-17-21(14)30-19-9-12(26)5-6-16(19)23(17)15-4-2-1-3-13(15)22(29)31-23/h1-9,26-27H,10-11,24H2,(H,25,28). The highest BCUT2D eigenvalue weighted by molar-refractivity contribution is 5.97. The van der Waals surface area contributed by atoms with Crippen molar-refractivity contribution in [2.45, 2.75) is 12.1 Å². The van der Waals surface area contributed by atoms with Crippen molar-refractivity contribution in [3.8, 4) is 23.0 Å². The van der Waals surface area contributed by atoms with Gasteiger partial charge in [0.1, 0.15) is 23.0 Å². The van der Waals surface area contributed by atoms with Gasteiger partial charge in [-0.15, -0.1) is 0 Å². The molecule has 1 atom stereocenters. The number of benzene rings is 3. The number of nitrogens with two attached hydrogens (primary N) is 1. The highest BCUT2D eigenvalue weighted by atomic mass is 16.6. The lowest BCUT2D eigenvalue weighted by atomic mass is 9.77. The van der Waals surface area contributed by atoms with Gasteiger partial charge < -0.3 is 30.7 Å². The quantitative estimate of drug-likeness (QED) is 0.480. The first-order valence-electron chi connectivity index (χ1n) is 9.62. The summed E-state index contributed by atoms with van der Waals surface area (Å²) in [4.78, 5) is 24.5. The van der Waals surface area contributed by atoms with Crippen molar-refractivity contribution in [2.75, 3.05) is 6.54 Å². The topological polar surface area (TPSA) is 131 Å². The van der Waals surface area contributed by atoms with Crippen LogP contribution in [0.3, 0.4) is 0 Å². The number of hydrogen-bond donors (Lipinski definition) is 4. The van der Waals surface area contributed by atoms with Crippen LogP contribution in [0, 0.1) is 0 Å². The summed E-state index contributed by atoms with van der Waals surface area (Å²) >= 11 is 0. The molecule has 2 aliphatic heterocycles. The number of aromatic hydroxyl groups is 2. The lowest BCUT2D eigenvalue weighted by molar-refractivity contribution is -0.119. The second-order valence-electron chi connectivity index (χ2n) is 7.32. The Hall–Kier alpha value is -4.04. The number of fused-ring (bicyclic) bond motifs is 6. The Labute approximate surface area is 176 Å².